The van der Waals surface area contributed by atoms with Gasteiger partial charge >= 0.3 is 11.9 Å². The standard InChI is InChI=1S/C38H46O.C24H27NO2.C21H32O3.C20H29N.C18H25N.C16H21N/c1-5-7-9-11-13-31-14-16-34(17-15-31)36-24-27-38(29(3)28-36)35-20-18-32(19-21-35)33-22-25-37(26-23-33)39-30(4)12-10-8-6-2;1-2-3-4-18-5-11-22(12-6-18)24(26)27-23-15-13-21(14-16-23)20-9-7-19(17-25)8-10-20;1-3-5-7-17-8-10-18(11-9-17)21(22)24-20-14-12-19(13-15-20)23-16-6-4-2;1-2-3-4-5-6-7-17-8-12-19(13-9-17)20-14-10-18(16-21)11-15-20;1-2-3-4-5-15-6-10-17(11-7-15)18-12-8-16(14-19)9-13-18;1-2-3-13-4-8-15(9-5-13)16-10-6-14(12-17)7-11-16/h14-28,30H,5-13H2,1-4H3;7-10,13-16,18,22H,2-6,11-12H2,1H3;12-15,17-18H,3-11,16H2,1-2H3;10-11,14-15,17,19H,2-9,12-13H2,1H3;8-9,12-13,15,17H,2-7,10-11H2,1H3;6-7,10-11,13,15H,2-5,8-9H2,1H3. The summed E-state index contributed by atoms with van der Waals surface area (Å²) in [5.74, 6) is 9.69. The molecule has 5 fully saturated rings. The van der Waals surface area contributed by atoms with Crippen LogP contribution in [0.2, 0.25) is 0 Å². The lowest BCUT2D eigenvalue weighted by molar-refractivity contribution is -0.141. The second-order valence-electron chi connectivity index (χ2n) is 43.4. The second kappa shape index (κ2) is 68.3. The third kappa shape index (κ3) is 42.3. The summed E-state index contributed by atoms with van der Waals surface area (Å²) >= 11 is 0. The first-order valence-electron chi connectivity index (χ1n) is 58.3. The molecule has 147 heavy (non-hydrogen) atoms. The number of rotatable bonds is 44. The molecule has 10 nitrogen and oxygen atoms in total. The van der Waals surface area contributed by atoms with Gasteiger partial charge in [-0.15, -0.1) is 0 Å². The fourth-order valence-corrected chi connectivity index (χ4v) is 22.4. The van der Waals surface area contributed by atoms with Crippen LogP contribution in [0.5, 0.6) is 23.0 Å². The van der Waals surface area contributed by atoms with Crippen molar-refractivity contribution in [3.8, 4) is 91.8 Å². The predicted octanol–water partition coefficient (Wildman–Crippen LogP) is 39.6. The average molecular weight is 1980 g/mol. The maximum atomic E-state index is 12.5. The van der Waals surface area contributed by atoms with Gasteiger partial charge in [0.25, 0.3) is 0 Å². The lowest BCUT2D eigenvalue weighted by atomic mass is 9.77. The molecule has 5 saturated carbocycles. The number of esters is 2. The average Bonchev–Trinajstić information content (AvgIpc) is 0.805. The van der Waals surface area contributed by atoms with Gasteiger partial charge in [-0.25, -0.2) is 0 Å². The minimum atomic E-state index is -0.0879. The summed E-state index contributed by atoms with van der Waals surface area (Å²) in [5, 5.41) is 35.3. The number of nitrogens with zero attached hydrogens (tertiary/aromatic N) is 4. The van der Waals surface area contributed by atoms with Crippen molar-refractivity contribution in [2.24, 2.45) is 41.4 Å². The number of nitriles is 4. The zero-order chi connectivity index (χ0) is 104. The molecule has 1 atom stereocenters. The lowest BCUT2D eigenvalue weighted by Gasteiger charge is -2.29. The van der Waals surface area contributed by atoms with Gasteiger partial charge in [0.1, 0.15) is 23.0 Å². The smallest absolute Gasteiger partial charge is 0.314 e. The molecule has 0 bridgehead atoms. The third-order valence-corrected chi connectivity index (χ3v) is 32.0. The first-order chi connectivity index (χ1) is 72.0. The Morgan fingerprint density at radius 1 is 0.286 bits per heavy atom. The molecule has 0 saturated heterocycles. The second-order valence-corrected chi connectivity index (χ2v) is 43.4. The van der Waals surface area contributed by atoms with E-state index in [4.69, 9.17) is 40.0 Å². The lowest BCUT2D eigenvalue weighted by Crippen LogP contribution is -2.25. The Balaban J connectivity index is 0.000000185. The Kier molecular flexibility index (Phi) is 54.7. The van der Waals surface area contributed by atoms with E-state index in [9.17, 15) is 9.59 Å². The van der Waals surface area contributed by atoms with E-state index in [1.165, 1.54) is 318 Å². The van der Waals surface area contributed by atoms with Gasteiger partial charge in [-0.3, -0.25) is 9.59 Å². The fraction of sp³-hybridized carbons (Fsp3) is 0.518. The van der Waals surface area contributed by atoms with E-state index in [1.807, 2.05) is 97.1 Å². The molecule has 5 aliphatic rings. The van der Waals surface area contributed by atoms with Crippen molar-refractivity contribution in [3.05, 3.63) is 287 Å². The van der Waals surface area contributed by atoms with Gasteiger partial charge < -0.3 is 18.9 Å². The molecular weight excluding hydrogens is 1800 g/mol. The first kappa shape index (κ1) is 118. The largest absolute Gasteiger partial charge is 0.494 e. The molecular formula is C137H180N4O6. The molecule has 15 rings (SSSR count). The highest BCUT2D eigenvalue weighted by atomic mass is 16.5. The van der Waals surface area contributed by atoms with E-state index in [1.54, 1.807) is 12.1 Å². The summed E-state index contributed by atoms with van der Waals surface area (Å²) < 4.78 is 22.9. The molecule has 5 aliphatic carbocycles. The number of ether oxygens (including phenoxy) is 4. The molecule has 1 unspecified atom stereocenters. The normalized spacial score (nSPS) is 19.0. The highest BCUT2D eigenvalue weighted by Crippen LogP contribution is 2.43. The number of aryl methyl sites for hydroxylation is 2. The maximum absolute atomic E-state index is 12.5. The van der Waals surface area contributed by atoms with Crippen LogP contribution in [0.4, 0.5) is 0 Å². The van der Waals surface area contributed by atoms with Crippen LogP contribution in [-0.2, 0) is 16.0 Å². The number of unbranched alkanes of at least 4 members (excludes halogenated alkanes) is 14. The predicted molar refractivity (Wildman–Crippen MR) is 614 cm³/mol. The molecule has 0 N–H and O–H groups in total. The van der Waals surface area contributed by atoms with Crippen LogP contribution in [-0.4, -0.2) is 24.6 Å². The van der Waals surface area contributed by atoms with Crippen LogP contribution >= 0.6 is 0 Å². The number of hydrogen-bond donors (Lipinski definition) is 0. The molecule has 0 aliphatic heterocycles. The van der Waals surface area contributed by atoms with Gasteiger partial charge in [0.2, 0.25) is 0 Å². The number of carbonyl (C=O) groups is 2. The number of carbonyl (C=O) groups excluding carboxylic acids is 2. The Bertz CT molecular complexity index is 5450. The molecule has 0 amide bonds. The molecule has 0 heterocycles. The molecule has 10 heteroatoms. The van der Waals surface area contributed by atoms with Crippen molar-refractivity contribution in [2.75, 3.05) is 6.61 Å². The summed E-state index contributed by atoms with van der Waals surface area (Å²) in [4.78, 5) is 24.8. The summed E-state index contributed by atoms with van der Waals surface area (Å²) in [5.41, 5.74) is 19.7. The van der Waals surface area contributed by atoms with Gasteiger partial charge in [-0.05, 0) is 391 Å². The number of hydrogen-bond acceptors (Lipinski definition) is 10. The molecule has 0 spiro atoms. The summed E-state index contributed by atoms with van der Waals surface area (Å²) in [6.07, 6.45) is 63.2. The Morgan fingerprint density at radius 3 is 0.980 bits per heavy atom. The first-order valence-corrected chi connectivity index (χ1v) is 58.3. The Morgan fingerprint density at radius 2 is 0.585 bits per heavy atom. The van der Waals surface area contributed by atoms with Crippen LogP contribution in [0.1, 0.15) is 438 Å². The van der Waals surface area contributed by atoms with Crippen LogP contribution in [0.25, 0.3) is 44.5 Å². The molecule has 0 radical (unpaired) electrons. The van der Waals surface area contributed by atoms with Crippen LogP contribution in [0.3, 0.4) is 0 Å². The van der Waals surface area contributed by atoms with Crippen LogP contribution in [0, 0.1) is 93.7 Å². The summed E-state index contributed by atoms with van der Waals surface area (Å²) in [6.45, 7) is 23.1. The molecule has 10 aromatic carbocycles. The van der Waals surface area contributed by atoms with Crippen molar-refractivity contribution in [1.82, 2.24) is 0 Å². The number of benzene rings is 10. The zero-order valence-corrected chi connectivity index (χ0v) is 92.0. The minimum Gasteiger partial charge on any atom is -0.494 e. The van der Waals surface area contributed by atoms with Gasteiger partial charge in [-0.1, -0.05) is 349 Å². The fourth-order valence-electron chi connectivity index (χ4n) is 22.4. The molecule has 784 valence electrons. The zero-order valence-electron chi connectivity index (χ0n) is 92.0. The van der Waals surface area contributed by atoms with E-state index in [0.717, 1.165) is 151 Å². The van der Waals surface area contributed by atoms with Gasteiger partial charge in [0.05, 0.1) is 71.1 Å². The quantitative estimate of drug-likeness (QED) is 0.0204. The Labute approximate surface area is 889 Å². The SMILES string of the molecule is CCCC1CCC(c2ccc(C#N)cc2)CC1.CCCCC1CCC(C(=O)Oc2ccc(-c3ccc(C#N)cc3)cc2)CC1.CCCCCC1CCC(c2ccc(C#N)cc2)CC1.CCCCCCCC1CCC(c2ccc(C#N)cc2)CC1.CCCCCCc1ccc(-c2ccc(-c3ccc(-c4ccc(OC(C)CCCCC)cc4)cc3)c(C)c2)cc1.CCCCOc1ccc(OC(=O)C2CCC(CCCC)CC2)cc1. The third-order valence-electron chi connectivity index (χ3n) is 32.0. The molecule has 10 aromatic rings. The minimum absolute atomic E-state index is 0.0427. The maximum Gasteiger partial charge on any atom is 0.314 e. The topological polar surface area (TPSA) is 166 Å². The Hall–Kier alpha value is -11.3. The van der Waals surface area contributed by atoms with E-state index in [0.29, 0.717) is 17.1 Å². The van der Waals surface area contributed by atoms with Crippen molar-refractivity contribution in [1.29, 1.82) is 21.0 Å². The highest BCUT2D eigenvalue weighted by Gasteiger charge is 2.31. The van der Waals surface area contributed by atoms with Gasteiger partial charge in [0, 0.05) is 0 Å². The monoisotopic (exact) mass is 1980 g/mol. The van der Waals surface area contributed by atoms with Crippen molar-refractivity contribution in [3.63, 3.8) is 0 Å². The van der Waals surface area contributed by atoms with E-state index < -0.39 is 0 Å². The summed E-state index contributed by atoms with van der Waals surface area (Å²) in [6, 6.07) is 89.3. The molecule has 0 aromatic heterocycles. The van der Waals surface area contributed by atoms with E-state index >= 15 is 0 Å². The van der Waals surface area contributed by atoms with Crippen molar-refractivity contribution >= 4 is 11.9 Å². The van der Waals surface area contributed by atoms with Crippen molar-refractivity contribution in [2.45, 2.75) is 408 Å². The van der Waals surface area contributed by atoms with E-state index in [2.05, 4.69) is 221 Å². The van der Waals surface area contributed by atoms with Gasteiger partial charge in [-0.2, -0.15) is 21.0 Å². The van der Waals surface area contributed by atoms with Gasteiger partial charge in [0.15, 0.2) is 0 Å². The highest BCUT2D eigenvalue weighted by molar-refractivity contribution is 5.78. The van der Waals surface area contributed by atoms with Crippen LogP contribution < -0.4 is 18.9 Å². The van der Waals surface area contributed by atoms with E-state index in [-0.39, 0.29) is 29.9 Å². The van der Waals surface area contributed by atoms with Crippen molar-refractivity contribution < 1.29 is 28.5 Å². The van der Waals surface area contributed by atoms with Crippen LogP contribution in [0.15, 0.2) is 237 Å². The summed E-state index contributed by atoms with van der Waals surface area (Å²) in [7, 11) is 0.